The second-order valence-electron chi connectivity index (χ2n) is 3.34. The van der Waals surface area contributed by atoms with Gasteiger partial charge in [-0.3, -0.25) is 10.1 Å². The van der Waals surface area contributed by atoms with E-state index < -0.39 is 4.92 Å². The van der Waals surface area contributed by atoms with E-state index in [1.807, 2.05) is 0 Å². The van der Waals surface area contributed by atoms with Gasteiger partial charge in [0.15, 0.2) is 0 Å². The summed E-state index contributed by atoms with van der Waals surface area (Å²) in [6.45, 7) is 0.321. The van der Waals surface area contributed by atoms with Gasteiger partial charge in [-0.25, -0.2) is 0 Å². The summed E-state index contributed by atoms with van der Waals surface area (Å²) in [6.07, 6.45) is 3.87. The molecule has 0 amide bonds. The zero-order chi connectivity index (χ0) is 13.5. The van der Waals surface area contributed by atoms with E-state index in [2.05, 4.69) is 10.0 Å². The van der Waals surface area contributed by atoms with Crippen molar-refractivity contribution < 1.29 is 4.92 Å². The van der Waals surface area contributed by atoms with Crippen LogP contribution in [0.15, 0.2) is 23.3 Å². The summed E-state index contributed by atoms with van der Waals surface area (Å²) in [4.78, 5) is 12.7. The van der Waals surface area contributed by atoms with Gasteiger partial charge < -0.3 is 5.73 Å². The molecule has 0 atom stereocenters. The fourth-order valence-corrected chi connectivity index (χ4v) is 1.50. The van der Waals surface area contributed by atoms with Crippen LogP contribution in [0.3, 0.4) is 0 Å². The molecule has 18 heavy (non-hydrogen) atoms. The number of nitro groups is 1. The van der Waals surface area contributed by atoms with Crippen molar-refractivity contribution in [2.24, 2.45) is 5.11 Å². The largest absolute Gasteiger partial charge is 0.393 e. The molecule has 0 aliphatic rings. The number of nitro benzene ring substituents is 1. The number of hydrogen-bond acceptors (Lipinski definition) is 4. The van der Waals surface area contributed by atoms with E-state index in [1.165, 1.54) is 12.1 Å². The predicted molar refractivity (Wildman–Crippen MR) is 70.2 cm³/mol. The summed E-state index contributed by atoms with van der Waals surface area (Å²) in [6, 6.07) is 2.65. The minimum Gasteiger partial charge on any atom is -0.393 e. The Balaban J connectivity index is 2.91. The lowest BCUT2D eigenvalue weighted by Crippen LogP contribution is -1.96. The first-order chi connectivity index (χ1) is 8.56. The Bertz CT molecular complexity index is 537. The fraction of sp³-hybridized carbons (Fsp3) is 0.200. The van der Waals surface area contributed by atoms with Crippen molar-refractivity contribution in [1.29, 1.82) is 0 Å². The van der Waals surface area contributed by atoms with Crippen molar-refractivity contribution in [1.82, 2.24) is 0 Å². The topological polar surface area (TPSA) is 118 Å². The van der Waals surface area contributed by atoms with Gasteiger partial charge in [0.1, 0.15) is 5.69 Å². The molecule has 0 unspecified atom stereocenters. The minimum absolute atomic E-state index is 0.0243. The molecule has 0 saturated carbocycles. The lowest BCUT2D eigenvalue weighted by molar-refractivity contribution is -0.383. The van der Waals surface area contributed by atoms with Gasteiger partial charge in [-0.2, -0.15) is 0 Å². The number of rotatable bonds is 5. The first kappa shape index (κ1) is 13.8. The highest BCUT2D eigenvalue weighted by molar-refractivity contribution is 6.32. The monoisotopic (exact) mass is 267 g/mol. The molecule has 0 spiro atoms. The van der Waals surface area contributed by atoms with Crippen LogP contribution in [0.4, 0.5) is 11.4 Å². The third-order valence-electron chi connectivity index (χ3n) is 2.10. The van der Waals surface area contributed by atoms with Gasteiger partial charge in [-0.05, 0) is 23.6 Å². The maximum atomic E-state index is 10.7. The summed E-state index contributed by atoms with van der Waals surface area (Å²) in [5, 5.41) is 14.4. The normalized spacial score (nSPS) is 10.3. The third-order valence-corrected chi connectivity index (χ3v) is 2.43. The van der Waals surface area contributed by atoms with Gasteiger partial charge in [0.05, 0.1) is 9.95 Å². The molecular formula is C10H10ClN5O2. The Hall–Kier alpha value is -2.24. The second-order valence-corrected chi connectivity index (χ2v) is 3.74. The second kappa shape index (κ2) is 6.48. The summed E-state index contributed by atoms with van der Waals surface area (Å²) in [7, 11) is 0. The number of hydrogen-bond donors (Lipinski definition) is 1. The van der Waals surface area contributed by atoms with Crippen molar-refractivity contribution in [3.8, 4) is 0 Å². The van der Waals surface area contributed by atoms with Gasteiger partial charge in [-0.15, -0.1) is 0 Å². The molecule has 0 fully saturated rings. The maximum Gasteiger partial charge on any atom is 0.292 e. The highest BCUT2D eigenvalue weighted by Crippen LogP contribution is 2.29. The summed E-state index contributed by atoms with van der Waals surface area (Å²) >= 11 is 5.91. The number of anilines is 1. The van der Waals surface area contributed by atoms with Crippen molar-refractivity contribution in [3.05, 3.63) is 49.4 Å². The van der Waals surface area contributed by atoms with Gasteiger partial charge >= 0.3 is 0 Å². The van der Waals surface area contributed by atoms with Crippen molar-refractivity contribution in [2.75, 3.05) is 12.3 Å². The van der Waals surface area contributed by atoms with E-state index >= 15 is 0 Å². The van der Waals surface area contributed by atoms with Crippen molar-refractivity contribution >= 4 is 29.1 Å². The van der Waals surface area contributed by atoms with Crippen LogP contribution in [0.5, 0.6) is 0 Å². The average Bonchev–Trinajstić information content (AvgIpc) is 2.30. The molecule has 0 radical (unpaired) electrons. The molecule has 0 bridgehead atoms. The molecule has 7 nitrogen and oxygen atoms in total. The smallest absolute Gasteiger partial charge is 0.292 e. The number of nitrogens with zero attached hydrogens (tertiary/aromatic N) is 4. The van der Waals surface area contributed by atoms with Gasteiger partial charge in [0.25, 0.3) is 5.69 Å². The lowest BCUT2D eigenvalue weighted by atomic mass is 10.1. The molecule has 2 N–H and O–H groups in total. The number of azide groups is 1. The van der Waals surface area contributed by atoms with Crippen LogP contribution in [-0.2, 0) is 0 Å². The van der Waals surface area contributed by atoms with E-state index in [-0.39, 0.29) is 11.4 Å². The van der Waals surface area contributed by atoms with Crippen LogP contribution in [0.1, 0.15) is 12.0 Å². The van der Waals surface area contributed by atoms with Gasteiger partial charge in [0.2, 0.25) is 0 Å². The van der Waals surface area contributed by atoms with Crippen LogP contribution in [0.25, 0.3) is 16.5 Å². The molecule has 8 heteroatoms. The Morgan fingerprint density at radius 3 is 2.94 bits per heavy atom. The molecule has 0 aliphatic carbocycles. The predicted octanol–water partition coefficient (Wildman–Crippen LogP) is 3.54. The zero-order valence-corrected chi connectivity index (χ0v) is 10.0. The number of nitrogens with two attached hydrogens (primary N) is 1. The highest BCUT2D eigenvalue weighted by atomic mass is 35.5. The van der Waals surface area contributed by atoms with Crippen LogP contribution in [-0.4, -0.2) is 11.5 Å². The van der Waals surface area contributed by atoms with Gasteiger partial charge in [0, 0.05) is 17.5 Å². The maximum absolute atomic E-state index is 10.7. The zero-order valence-electron chi connectivity index (χ0n) is 9.28. The van der Waals surface area contributed by atoms with E-state index in [0.29, 0.717) is 23.6 Å². The average molecular weight is 268 g/mol. The molecule has 0 saturated heterocycles. The van der Waals surface area contributed by atoms with Gasteiger partial charge in [-0.1, -0.05) is 28.9 Å². The van der Waals surface area contributed by atoms with Crippen LogP contribution in [0, 0.1) is 10.1 Å². The SMILES string of the molecule is [N-]=[N+]=NCCC=Cc1cc([N+](=O)[O-])c(N)cc1Cl. The van der Waals surface area contributed by atoms with Crippen LogP contribution in [0.2, 0.25) is 5.02 Å². The molecule has 94 valence electrons. The Morgan fingerprint density at radius 2 is 2.33 bits per heavy atom. The van der Waals surface area contributed by atoms with E-state index in [1.54, 1.807) is 12.2 Å². The number of benzene rings is 1. The van der Waals surface area contributed by atoms with Crippen molar-refractivity contribution in [3.63, 3.8) is 0 Å². The number of halogens is 1. The van der Waals surface area contributed by atoms with E-state index in [0.717, 1.165) is 0 Å². The summed E-state index contributed by atoms with van der Waals surface area (Å²) in [5.74, 6) is 0. The Kier molecular flexibility index (Phi) is 4.98. The quantitative estimate of drug-likeness (QED) is 0.167. The summed E-state index contributed by atoms with van der Waals surface area (Å²) in [5.41, 5.74) is 13.9. The third kappa shape index (κ3) is 3.65. The van der Waals surface area contributed by atoms with Crippen molar-refractivity contribution in [2.45, 2.75) is 6.42 Å². The Labute approximate surface area is 108 Å². The first-order valence-electron chi connectivity index (χ1n) is 4.97. The molecular weight excluding hydrogens is 258 g/mol. The Morgan fingerprint density at radius 1 is 1.61 bits per heavy atom. The fourth-order valence-electron chi connectivity index (χ4n) is 1.27. The summed E-state index contributed by atoms with van der Waals surface area (Å²) < 4.78 is 0. The molecule has 0 heterocycles. The highest BCUT2D eigenvalue weighted by Gasteiger charge is 2.13. The van der Waals surface area contributed by atoms with E-state index in [4.69, 9.17) is 22.9 Å². The molecule has 0 aromatic heterocycles. The lowest BCUT2D eigenvalue weighted by Gasteiger charge is -2.01. The van der Waals surface area contributed by atoms with E-state index in [9.17, 15) is 10.1 Å². The molecule has 1 aromatic rings. The number of nitrogen functional groups attached to an aromatic ring is 1. The first-order valence-corrected chi connectivity index (χ1v) is 5.35. The molecule has 0 aliphatic heterocycles. The van der Waals surface area contributed by atoms with Crippen LogP contribution < -0.4 is 5.73 Å². The van der Waals surface area contributed by atoms with Crippen LogP contribution >= 0.6 is 11.6 Å². The molecule has 1 aromatic carbocycles. The standard InChI is InChI=1S/C10H10ClN5O2/c11-8-6-9(12)10(16(17)18)5-7(8)3-1-2-4-14-15-13/h1,3,5-6H,2,4,12H2. The molecule has 1 rings (SSSR count). The minimum atomic E-state index is -0.566.